The number of pyridine rings is 1. The van der Waals surface area contributed by atoms with Crippen LogP contribution in [-0.4, -0.2) is 62.3 Å². The smallest absolute Gasteiger partial charge is 0.407 e. The van der Waals surface area contributed by atoms with Crippen molar-refractivity contribution >= 4 is 12.0 Å². The number of nitrogens with zero attached hydrogens (tertiary/aromatic N) is 5. The van der Waals surface area contributed by atoms with E-state index < -0.39 is 12.1 Å². The number of carbonyl (C=O) groups is 2. The van der Waals surface area contributed by atoms with Crippen molar-refractivity contribution < 1.29 is 19.1 Å². The van der Waals surface area contributed by atoms with Gasteiger partial charge < -0.3 is 14.9 Å². The second-order valence-electron chi connectivity index (χ2n) is 7.67. The van der Waals surface area contributed by atoms with E-state index in [9.17, 15) is 19.1 Å². The van der Waals surface area contributed by atoms with Crippen LogP contribution in [0.3, 0.4) is 0 Å². The fourth-order valence-corrected chi connectivity index (χ4v) is 3.81. The van der Waals surface area contributed by atoms with Crippen molar-refractivity contribution in [3.63, 3.8) is 0 Å². The van der Waals surface area contributed by atoms with Crippen LogP contribution in [0.2, 0.25) is 0 Å². The van der Waals surface area contributed by atoms with E-state index in [1.165, 1.54) is 21.9 Å². The highest BCUT2D eigenvalue weighted by Gasteiger charge is 2.34. The van der Waals surface area contributed by atoms with Crippen molar-refractivity contribution in [1.82, 2.24) is 24.6 Å². The second kappa shape index (κ2) is 8.17. The zero-order valence-electron chi connectivity index (χ0n) is 17.2. The molecule has 0 aliphatic carbocycles. The summed E-state index contributed by atoms with van der Waals surface area (Å²) in [5, 5.41) is 14.5. The molecule has 3 aromatic rings. The first kappa shape index (κ1) is 20.5. The Morgan fingerprint density at radius 3 is 2.42 bits per heavy atom. The molecule has 0 radical (unpaired) electrons. The molecule has 2 amide bonds. The maximum absolute atomic E-state index is 13.5. The molecule has 0 saturated heterocycles. The van der Waals surface area contributed by atoms with Crippen molar-refractivity contribution in [2.24, 2.45) is 0 Å². The Labute approximate surface area is 178 Å². The zero-order valence-corrected chi connectivity index (χ0v) is 17.2. The molecule has 1 aliphatic rings. The quantitative estimate of drug-likeness (QED) is 0.696. The monoisotopic (exact) mass is 423 g/mol. The van der Waals surface area contributed by atoms with Crippen LogP contribution in [0.4, 0.5) is 9.18 Å². The molecule has 0 saturated carbocycles. The van der Waals surface area contributed by atoms with Gasteiger partial charge in [-0.2, -0.15) is 5.10 Å². The summed E-state index contributed by atoms with van der Waals surface area (Å²) in [5.74, 6) is -0.475. The normalized spacial score (nSPS) is 15.5. The summed E-state index contributed by atoms with van der Waals surface area (Å²) in [5.41, 5.74) is 3.57. The lowest BCUT2D eigenvalue weighted by molar-refractivity contribution is -0.129. The van der Waals surface area contributed by atoms with Gasteiger partial charge in [-0.1, -0.05) is 0 Å². The third-order valence-electron chi connectivity index (χ3n) is 5.39. The number of halogens is 1. The van der Waals surface area contributed by atoms with E-state index in [0.717, 1.165) is 11.1 Å². The summed E-state index contributed by atoms with van der Waals surface area (Å²) in [6.45, 7) is 0.288. The van der Waals surface area contributed by atoms with Crippen LogP contribution in [0.25, 0.3) is 22.4 Å². The number of rotatable bonds is 4. The van der Waals surface area contributed by atoms with Crippen LogP contribution < -0.4 is 0 Å². The van der Waals surface area contributed by atoms with Gasteiger partial charge >= 0.3 is 6.09 Å². The van der Waals surface area contributed by atoms with Crippen LogP contribution in [0.5, 0.6) is 0 Å². The van der Waals surface area contributed by atoms with E-state index in [4.69, 9.17) is 5.10 Å². The van der Waals surface area contributed by atoms with Crippen LogP contribution in [0, 0.1) is 5.82 Å². The molecule has 8 nitrogen and oxygen atoms in total. The Morgan fingerprint density at radius 1 is 1.13 bits per heavy atom. The number of hydrogen-bond donors (Lipinski definition) is 1. The van der Waals surface area contributed by atoms with E-state index in [1.807, 2.05) is 12.1 Å². The summed E-state index contributed by atoms with van der Waals surface area (Å²) >= 11 is 0. The molecule has 1 unspecified atom stereocenters. The SMILES string of the molecule is CN(C)C(=O)CC1CN(C(=O)O)Cc2c(-c3ccncc3)c(-c3ccc(F)cc3)nn21. The van der Waals surface area contributed by atoms with Gasteiger partial charge in [0.1, 0.15) is 11.5 Å². The number of carbonyl (C=O) groups excluding carboxylic acids is 1. The summed E-state index contributed by atoms with van der Waals surface area (Å²) in [6, 6.07) is 9.20. The number of aromatic nitrogens is 3. The van der Waals surface area contributed by atoms with Gasteiger partial charge in [0.25, 0.3) is 0 Å². The van der Waals surface area contributed by atoms with Crippen LogP contribution in [0.1, 0.15) is 18.2 Å². The van der Waals surface area contributed by atoms with Gasteiger partial charge in [0.2, 0.25) is 5.91 Å². The van der Waals surface area contributed by atoms with Crippen molar-refractivity contribution in [3.8, 4) is 22.4 Å². The fourth-order valence-electron chi connectivity index (χ4n) is 3.81. The number of fused-ring (bicyclic) bond motifs is 1. The maximum atomic E-state index is 13.5. The molecular weight excluding hydrogens is 401 g/mol. The van der Waals surface area contributed by atoms with Crippen LogP contribution in [-0.2, 0) is 11.3 Å². The Morgan fingerprint density at radius 2 is 1.81 bits per heavy atom. The summed E-state index contributed by atoms with van der Waals surface area (Å²) in [4.78, 5) is 31.1. The number of carboxylic acid groups (broad SMARTS) is 1. The van der Waals surface area contributed by atoms with Gasteiger partial charge in [0, 0.05) is 44.2 Å². The van der Waals surface area contributed by atoms with Crippen LogP contribution in [0.15, 0.2) is 48.8 Å². The maximum Gasteiger partial charge on any atom is 0.407 e. The minimum Gasteiger partial charge on any atom is -0.465 e. The van der Waals surface area contributed by atoms with Gasteiger partial charge in [0.15, 0.2) is 0 Å². The minimum absolute atomic E-state index is 0.115. The molecule has 2 aromatic heterocycles. The summed E-state index contributed by atoms with van der Waals surface area (Å²) in [6.07, 6.45) is 2.36. The van der Waals surface area contributed by atoms with Gasteiger partial charge in [0.05, 0.1) is 24.7 Å². The Balaban J connectivity index is 1.91. The average molecular weight is 423 g/mol. The number of hydrogen-bond acceptors (Lipinski definition) is 4. The summed E-state index contributed by atoms with van der Waals surface area (Å²) in [7, 11) is 3.33. The molecule has 9 heteroatoms. The molecule has 4 rings (SSSR count). The summed E-state index contributed by atoms with van der Waals surface area (Å²) < 4.78 is 15.3. The first-order valence-corrected chi connectivity index (χ1v) is 9.81. The molecule has 1 aromatic carbocycles. The molecule has 160 valence electrons. The van der Waals surface area contributed by atoms with Gasteiger partial charge in [-0.3, -0.25) is 14.5 Å². The lowest BCUT2D eigenvalue weighted by Gasteiger charge is -2.32. The Kier molecular flexibility index (Phi) is 5.41. The van der Waals surface area contributed by atoms with E-state index >= 15 is 0 Å². The van der Waals surface area contributed by atoms with Crippen molar-refractivity contribution in [2.45, 2.75) is 19.0 Å². The molecule has 31 heavy (non-hydrogen) atoms. The third kappa shape index (κ3) is 3.98. The molecule has 0 spiro atoms. The molecular formula is C22H22FN5O3. The molecule has 3 heterocycles. The van der Waals surface area contributed by atoms with Gasteiger partial charge in [-0.15, -0.1) is 0 Å². The van der Waals surface area contributed by atoms with Crippen LogP contribution >= 0.6 is 0 Å². The number of amides is 2. The Hall–Kier alpha value is -3.75. The molecule has 0 fully saturated rings. The lowest BCUT2D eigenvalue weighted by atomic mass is 9.98. The molecule has 0 bridgehead atoms. The molecule has 1 aliphatic heterocycles. The van der Waals surface area contributed by atoms with E-state index in [-0.39, 0.29) is 31.2 Å². The second-order valence-corrected chi connectivity index (χ2v) is 7.67. The Bertz CT molecular complexity index is 1110. The predicted octanol–water partition coefficient (Wildman–Crippen LogP) is 3.26. The molecule has 1 atom stereocenters. The van der Waals surface area contributed by atoms with E-state index in [1.54, 1.807) is 43.3 Å². The van der Waals surface area contributed by atoms with Crippen molar-refractivity contribution in [3.05, 3.63) is 60.3 Å². The third-order valence-corrected chi connectivity index (χ3v) is 5.39. The topological polar surface area (TPSA) is 91.6 Å². The molecule has 1 N–H and O–H groups in total. The standard InChI is InChI=1S/C22H22FN5O3/c1-26(2)19(29)11-17-12-27(22(30)31)13-18-20(14-7-9-24-10-8-14)21(25-28(17)18)15-3-5-16(23)6-4-15/h3-10,17H,11-13H2,1-2H3,(H,30,31). The first-order valence-electron chi connectivity index (χ1n) is 9.81. The van der Waals surface area contributed by atoms with Gasteiger partial charge in [-0.05, 0) is 42.0 Å². The van der Waals surface area contributed by atoms with E-state index in [0.29, 0.717) is 17.0 Å². The lowest BCUT2D eigenvalue weighted by Crippen LogP contribution is -2.42. The van der Waals surface area contributed by atoms with E-state index in [2.05, 4.69) is 4.98 Å². The first-order chi connectivity index (χ1) is 14.8. The number of benzene rings is 1. The predicted molar refractivity (Wildman–Crippen MR) is 112 cm³/mol. The average Bonchev–Trinajstić information content (AvgIpc) is 3.14. The van der Waals surface area contributed by atoms with Gasteiger partial charge in [-0.25, -0.2) is 9.18 Å². The zero-order chi connectivity index (χ0) is 22.1. The highest BCUT2D eigenvalue weighted by molar-refractivity contribution is 5.83. The fraction of sp³-hybridized carbons (Fsp3) is 0.273. The highest BCUT2D eigenvalue weighted by Crippen LogP contribution is 2.39. The highest BCUT2D eigenvalue weighted by atomic mass is 19.1. The largest absolute Gasteiger partial charge is 0.465 e. The van der Waals surface area contributed by atoms with Crippen molar-refractivity contribution in [1.29, 1.82) is 0 Å². The minimum atomic E-state index is -1.06. The van der Waals surface area contributed by atoms with Crippen molar-refractivity contribution in [2.75, 3.05) is 20.6 Å².